The van der Waals surface area contributed by atoms with Gasteiger partial charge in [0.05, 0.1) is 10.2 Å². The van der Waals surface area contributed by atoms with E-state index in [1.54, 1.807) is 0 Å². The van der Waals surface area contributed by atoms with Crippen molar-refractivity contribution >= 4 is 39.9 Å². The Morgan fingerprint density at radius 3 is 2.54 bits per heavy atom. The number of hydrogen-bond acceptors (Lipinski definition) is 3. The topological polar surface area (TPSA) is 30.5 Å². The Kier molecular flexibility index (Phi) is 7.45. The SMILES string of the molecule is CCOc1cc(CNc2cccc(C)c2)cc(I)c1OCc1cccc(Cl)c1. The number of anilines is 1. The van der Waals surface area contributed by atoms with Crippen molar-refractivity contribution in [3.05, 3.63) is 85.9 Å². The van der Waals surface area contributed by atoms with Gasteiger partial charge in [-0.1, -0.05) is 35.9 Å². The van der Waals surface area contributed by atoms with Gasteiger partial charge in [0, 0.05) is 17.3 Å². The van der Waals surface area contributed by atoms with E-state index in [2.05, 4.69) is 65.2 Å². The predicted octanol–water partition coefficient (Wildman–Crippen LogP) is 6.84. The molecule has 5 heteroatoms. The second-order valence-electron chi connectivity index (χ2n) is 6.48. The summed E-state index contributed by atoms with van der Waals surface area (Å²) in [5, 5.41) is 4.17. The van der Waals surface area contributed by atoms with Gasteiger partial charge >= 0.3 is 0 Å². The fourth-order valence-corrected chi connectivity index (χ4v) is 3.90. The zero-order valence-corrected chi connectivity index (χ0v) is 18.9. The Morgan fingerprint density at radius 2 is 1.79 bits per heavy atom. The molecule has 3 nitrogen and oxygen atoms in total. The maximum Gasteiger partial charge on any atom is 0.174 e. The quantitative estimate of drug-likeness (QED) is 0.339. The van der Waals surface area contributed by atoms with E-state index in [0.29, 0.717) is 24.8 Å². The predicted molar refractivity (Wildman–Crippen MR) is 125 cm³/mol. The molecule has 28 heavy (non-hydrogen) atoms. The summed E-state index contributed by atoms with van der Waals surface area (Å²) in [6, 6.07) is 20.2. The van der Waals surface area contributed by atoms with E-state index in [-0.39, 0.29) is 0 Å². The van der Waals surface area contributed by atoms with Crippen molar-refractivity contribution in [2.75, 3.05) is 11.9 Å². The van der Waals surface area contributed by atoms with Gasteiger partial charge in [-0.2, -0.15) is 0 Å². The van der Waals surface area contributed by atoms with Crippen molar-refractivity contribution in [3.63, 3.8) is 0 Å². The molecule has 0 unspecified atom stereocenters. The van der Waals surface area contributed by atoms with Crippen LogP contribution in [-0.2, 0) is 13.2 Å². The Balaban J connectivity index is 1.75. The first kappa shape index (κ1) is 20.8. The van der Waals surface area contributed by atoms with Gasteiger partial charge in [-0.3, -0.25) is 0 Å². The maximum atomic E-state index is 6.08. The van der Waals surface area contributed by atoms with Crippen LogP contribution in [0, 0.1) is 10.5 Å². The first-order chi connectivity index (χ1) is 13.5. The number of halogens is 2. The van der Waals surface area contributed by atoms with E-state index in [1.807, 2.05) is 37.3 Å². The lowest BCUT2D eigenvalue weighted by atomic mass is 10.1. The Hall–Kier alpha value is -1.92. The molecule has 3 aromatic rings. The van der Waals surface area contributed by atoms with Crippen LogP contribution in [0.2, 0.25) is 5.02 Å². The van der Waals surface area contributed by atoms with Gasteiger partial charge in [-0.25, -0.2) is 0 Å². The van der Waals surface area contributed by atoms with Crippen molar-refractivity contribution in [2.45, 2.75) is 27.0 Å². The molecule has 0 atom stereocenters. The number of hydrogen-bond donors (Lipinski definition) is 1. The minimum atomic E-state index is 0.442. The van der Waals surface area contributed by atoms with Crippen LogP contribution in [0.5, 0.6) is 11.5 Å². The molecule has 0 spiro atoms. The molecule has 0 fully saturated rings. The number of benzene rings is 3. The Morgan fingerprint density at radius 1 is 0.964 bits per heavy atom. The third-order valence-corrected chi connectivity index (χ3v) is 5.19. The number of aryl methyl sites for hydroxylation is 1. The maximum absolute atomic E-state index is 6.08. The van der Waals surface area contributed by atoms with Gasteiger partial charge in [-0.05, 0) is 89.5 Å². The molecule has 0 saturated heterocycles. The van der Waals surface area contributed by atoms with E-state index in [1.165, 1.54) is 5.56 Å². The third-order valence-electron chi connectivity index (χ3n) is 4.16. The van der Waals surface area contributed by atoms with E-state index >= 15 is 0 Å². The van der Waals surface area contributed by atoms with Crippen LogP contribution in [0.25, 0.3) is 0 Å². The molecule has 0 aliphatic carbocycles. The third kappa shape index (κ3) is 5.79. The molecule has 0 aromatic heterocycles. The zero-order valence-electron chi connectivity index (χ0n) is 16.0. The molecular weight excluding hydrogens is 485 g/mol. The highest BCUT2D eigenvalue weighted by Crippen LogP contribution is 2.35. The summed E-state index contributed by atoms with van der Waals surface area (Å²) < 4.78 is 13.0. The van der Waals surface area contributed by atoms with E-state index in [9.17, 15) is 0 Å². The van der Waals surface area contributed by atoms with Gasteiger partial charge in [0.15, 0.2) is 11.5 Å². The highest BCUT2D eigenvalue weighted by atomic mass is 127. The lowest BCUT2D eigenvalue weighted by Crippen LogP contribution is -2.05. The molecule has 0 heterocycles. The molecule has 0 aliphatic heterocycles. The zero-order chi connectivity index (χ0) is 19.9. The summed E-state index contributed by atoms with van der Waals surface area (Å²) in [7, 11) is 0. The van der Waals surface area contributed by atoms with E-state index in [4.69, 9.17) is 21.1 Å². The van der Waals surface area contributed by atoms with E-state index < -0.39 is 0 Å². The molecule has 0 bridgehead atoms. The molecule has 0 saturated carbocycles. The lowest BCUT2D eigenvalue weighted by Gasteiger charge is -2.16. The van der Waals surface area contributed by atoms with Crippen molar-refractivity contribution in [3.8, 4) is 11.5 Å². The summed E-state index contributed by atoms with van der Waals surface area (Å²) in [4.78, 5) is 0. The number of ether oxygens (including phenoxy) is 2. The summed E-state index contributed by atoms with van der Waals surface area (Å²) in [5.74, 6) is 1.53. The fraction of sp³-hybridized carbons (Fsp3) is 0.217. The van der Waals surface area contributed by atoms with Gasteiger partial charge in [0.2, 0.25) is 0 Å². The average Bonchev–Trinajstić information content (AvgIpc) is 2.66. The summed E-state index contributed by atoms with van der Waals surface area (Å²) in [6.07, 6.45) is 0. The minimum Gasteiger partial charge on any atom is -0.490 e. The summed E-state index contributed by atoms with van der Waals surface area (Å²) >= 11 is 8.37. The molecule has 3 rings (SSSR count). The largest absolute Gasteiger partial charge is 0.490 e. The van der Waals surface area contributed by atoms with Gasteiger partial charge < -0.3 is 14.8 Å². The first-order valence-corrected chi connectivity index (χ1v) is 10.6. The molecule has 0 radical (unpaired) electrons. The number of rotatable bonds is 8. The molecular formula is C23H23ClINO2. The molecule has 1 N–H and O–H groups in total. The summed E-state index contributed by atoms with van der Waals surface area (Å²) in [6.45, 7) is 5.81. The van der Waals surface area contributed by atoms with Crippen molar-refractivity contribution in [1.82, 2.24) is 0 Å². The fourth-order valence-electron chi connectivity index (χ4n) is 2.87. The van der Waals surface area contributed by atoms with Gasteiger partial charge in [0.25, 0.3) is 0 Å². The minimum absolute atomic E-state index is 0.442. The molecule has 3 aromatic carbocycles. The van der Waals surface area contributed by atoms with Gasteiger partial charge in [0.1, 0.15) is 6.61 Å². The average molecular weight is 508 g/mol. The Bertz CT molecular complexity index is 946. The van der Waals surface area contributed by atoms with Crippen molar-refractivity contribution in [1.29, 1.82) is 0 Å². The van der Waals surface area contributed by atoms with Crippen molar-refractivity contribution in [2.24, 2.45) is 0 Å². The molecule has 0 aliphatic rings. The number of nitrogens with one attached hydrogen (secondary N) is 1. The second kappa shape index (κ2) is 10.0. The van der Waals surface area contributed by atoms with E-state index in [0.717, 1.165) is 31.9 Å². The normalized spacial score (nSPS) is 10.6. The Labute approximate surface area is 185 Å². The van der Waals surface area contributed by atoms with Crippen LogP contribution in [0.15, 0.2) is 60.7 Å². The summed E-state index contributed by atoms with van der Waals surface area (Å²) in [5.41, 5.74) is 4.51. The van der Waals surface area contributed by atoms with Gasteiger partial charge in [-0.15, -0.1) is 0 Å². The monoisotopic (exact) mass is 507 g/mol. The smallest absolute Gasteiger partial charge is 0.174 e. The van der Waals surface area contributed by atoms with Crippen molar-refractivity contribution < 1.29 is 9.47 Å². The molecule has 146 valence electrons. The standard InChI is InChI=1S/C23H23ClINO2/c1-3-27-22-13-18(14-26-20-9-4-6-16(2)10-20)12-21(25)23(22)28-15-17-7-5-8-19(24)11-17/h4-13,26H,3,14-15H2,1-2H3. The second-order valence-corrected chi connectivity index (χ2v) is 8.08. The van der Waals surface area contributed by atoms with Crippen LogP contribution in [-0.4, -0.2) is 6.61 Å². The van der Waals surface area contributed by atoms with Crippen LogP contribution < -0.4 is 14.8 Å². The van der Waals surface area contributed by atoms with Crippen LogP contribution in [0.1, 0.15) is 23.6 Å². The first-order valence-electron chi connectivity index (χ1n) is 9.18. The lowest BCUT2D eigenvalue weighted by molar-refractivity contribution is 0.267. The van der Waals surface area contributed by atoms with Crippen LogP contribution in [0.3, 0.4) is 0 Å². The van der Waals surface area contributed by atoms with Crippen LogP contribution >= 0.6 is 34.2 Å². The highest BCUT2D eigenvalue weighted by Gasteiger charge is 2.13. The van der Waals surface area contributed by atoms with Crippen LogP contribution in [0.4, 0.5) is 5.69 Å². The molecule has 0 amide bonds. The highest BCUT2D eigenvalue weighted by molar-refractivity contribution is 14.1.